The molecule has 0 aliphatic heterocycles. The first-order valence-electron chi connectivity index (χ1n) is 7.31. The van der Waals surface area contributed by atoms with Crippen LogP contribution >= 0.6 is 11.8 Å². The van der Waals surface area contributed by atoms with Gasteiger partial charge in [0.15, 0.2) is 0 Å². The molecule has 2 aromatic carbocycles. The number of hydrogen-bond acceptors (Lipinski definition) is 4. The van der Waals surface area contributed by atoms with E-state index in [1.165, 1.54) is 18.7 Å². The van der Waals surface area contributed by atoms with Crippen molar-refractivity contribution in [1.29, 1.82) is 5.26 Å². The van der Waals surface area contributed by atoms with Crippen LogP contribution in [0.4, 0.5) is 11.4 Å². The van der Waals surface area contributed by atoms with Crippen LogP contribution in [0.15, 0.2) is 48.5 Å². The third-order valence-corrected chi connectivity index (χ3v) is 4.08. The number of anilines is 2. The van der Waals surface area contributed by atoms with Crippen LogP contribution in [-0.4, -0.2) is 17.6 Å². The monoisotopic (exact) mass is 339 g/mol. The van der Waals surface area contributed by atoms with E-state index in [4.69, 9.17) is 5.26 Å². The van der Waals surface area contributed by atoms with Gasteiger partial charge in [0.1, 0.15) is 0 Å². The first-order valence-corrected chi connectivity index (χ1v) is 8.46. The molecule has 0 spiro atoms. The lowest BCUT2D eigenvalue weighted by Gasteiger charge is -2.07. The minimum absolute atomic E-state index is 0.0825. The van der Waals surface area contributed by atoms with Gasteiger partial charge in [-0.2, -0.15) is 5.26 Å². The largest absolute Gasteiger partial charge is 0.326 e. The quantitative estimate of drug-likeness (QED) is 0.845. The van der Waals surface area contributed by atoms with Gasteiger partial charge in [-0.3, -0.25) is 9.59 Å². The van der Waals surface area contributed by atoms with Crippen LogP contribution in [0.5, 0.6) is 0 Å². The Morgan fingerprint density at radius 3 is 2.12 bits per heavy atom. The van der Waals surface area contributed by atoms with Crippen molar-refractivity contribution in [2.45, 2.75) is 12.7 Å². The van der Waals surface area contributed by atoms with E-state index in [0.717, 1.165) is 5.56 Å². The summed E-state index contributed by atoms with van der Waals surface area (Å²) in [6.45, 7) is 1.45. The van der Waals surface area contributed by atoms with Crippen LogP contribution < -0.4 is 10.6 Å². The summed E-state index contributed by atoms with van der Waals surface area (Å²) >= 11 is 1.51. The van der Waals surface area contributed by atoms with Crippen LogP contribution in [0.2, 0.25) is 0 Å². The van der Waals surface area contributed by atoms with Gasteiger partial charge in [0.25, 0.3) is 0 Å². The molecular weight excluding hydrogens is 322 g/mol. The van der Waals surface area contributed by atoms with Crippen LogP contribution in [-0.2, 0) is 15.3 Å². The van der Waals surface area contributed by atoms with E-state index in [1.54, 1.807) is 36.4 Å². The average molecular weight is 339 g/mol. The normalized spacial score (nSPS) is 9.83. The lowest BCUT2D eigenvalue weighted by Crippen LogP contribution is -2.14. The lowest BCUT2D eigenvalue weighted by molar-refractivity contribution is -0.114. The average Bonchev–Trinajstić information content (AvgIpc) is 2.57. The molecule has 0 saturated carbocycles. The molecule has 24 heavy (non-hydrogen) atoms. The Balaban J connectivity index is 1.76. The molecular formula is C18H17N3O2S. The van der Waals surface area contributed by atoms with Gasteiger partial charge in [0, 0.05) is 24.1 Å². The van der Waals surface area contributed by atoms with Gasteiger partial charge < -0.3 is 10.6 Å². The first kappa shape index (κ1) is 17.6. The fourth-order valence-corrected chi connectivity index (χ4v) is 2.76. The summed E-state index contributed by atoms with van der Waals surface area (Å²) in [5.41, 5.74) is 3.08. The number of carbonyl (C=O) groups is 2. The summed E-state index contributed by atoms with van der Waals surface area (Å²) in [5.74, 6) is 0.834. The van der Waals surface area contributed by atoms with Gasteiger partial charge in [0.05, 0.1) is 17.4 Å². The van der Waals surface area contributed by atoms with Crippen molar-refractivity contribution in [2.75, 3.05) is 16.4 Å². The molecule has 2 rings (SSSR count). The molecule has 5 nitrogen and oxygen atoms in total. The number of thioether (sulfide) groups is 1. The SMILES string of the molecule is CC(=O)Nc1ccc(NC(=O)CSCc2ccc(C#N)cc2)cc1. The lowest BCUT2D eigenvalue weighted by atomic mass is 10.2. The number of nitrogens with zero attached hydrogens (tertiary/aromatic N) is 1. The highest BCUT2D eigenvalue weighted by molar-refractivity contribution is 7.99. The summed E-state index contributed by atoms with van der Waals surface area (Å²) in [5, 5.41) is 14.2. The predicted molar refractivity (Wildman–Crippen MR) is 96.7 cm³/mol. The summed E-state index contributed by atoms with van der Waals surface area (Å²) < 4.78 is 0. The van der Waals surface area contributed by atoms with E-state index >= 15 is 0 Å². The van der Waals surface area contributed by atoms with Crippen molar-refractivity contribution in [3.8, 4) is 6.07 Å². The Bertz CT molecular complexity index is 749. The third kappa shape index (κ3) is 5.78. The summed E-state index contributed by atoms with van der Waals surface area (Å²) in [7, 11) is 0. The van der Waals surface area contributed by atoms with E-state index < -0.39 is 0 Å². The maximum atomic E-state index is 11.9. The zero-order valence-corrected chi connectivity index (χ0v) is 14.0. The molecule has 122 valence electrons. The van der Waals surface area contributed by atoms with E-state index in [-0.39, 0.29) is 11.8 Å². The van der Waals surface area contributed by atoms with Gasteiger partial charge in [-0.1, -0.05) is 12.1 Å². The number of rotatable bonds is 6. The Kier molecular flexibility index (Phi) is 6.41. The van der Waals surface area contributed by atoms with Gasteiger partial charge in [-0.05, 0) is 42.0 Å². The Labute approximate surface area is 145 Å². The molecule has 2 aromatic rings. The summed E-state index contributed by atoms with van der Waals surface area (Å²) in [6, 6.07) is 16.4. The second-order valence-corrected chi connectivity index (χ2v) is 6.09. The van der Waals surface area contributed by atoms with Crippen LogP contribution in [0.1, 0.15) is 18.1 Å². The van der Waals surface area contributed by atoms with Gasteiger partial charge in [0.2, 0.25) is 11.8 Å². The fraction of sp³-hybridized carbons (Fsp3) is 0.167. The molecule has 6 heteroatoms. The summed E-state index contributed by atoms with van der Waals surface area (Å²) in [4.78, 5) is 22.9. The highest BCUT2D eigenvalue weighted by atomic mass is 32.2. The number of amides is 2. The standard InChI is InChI=1S/C18H17N3O2S/c1-13(22)20-16-6-8-17(9-7-16)21-18(23)12-24-11-15-4-2-14(10-19)3-5-15/h2-9H,11-12H2,1H3,(H,20,22)(H,21,23). The molecule has 0 atom stereocenters. The Hall–Kier alpha value is -2.78. The molecule has 0 radical (unpaired) electrons. The molecule has 0 fully saturated rings. The van der Waals surface area contributed by atoms with Crippen molar-refractivity contribution in [1.82, 2.24) is 0 Å². The highest BCUT2D eigenvalue weighted by Crippen LogP contribution is 2.16. The maximum Gasteiger partial charge on any atom is 0.234 e. The van der Waals surface area contributed by atoms with Crippen LogP contribution in [0, 0.1) is 11.3 Å². The number of nitrogens with one attached hydrogen (secondary N) is 2. The highest BCUT2D eigenvalue weighted by Gasteiger charge is 2.04. The maximum absolute atomic E-state index is 11.9. The minimum atomic E-state index is -0.133. The van der Waals surface area contributed by atoms with Gasteiger partial charge >= 0.3 is 0 Å². The fourth-order valence-electron chi connectivity index (χ4n) is 1.97. The Morgan fingerprint density at radius 1 is 1.00 bits per heavy atom. The topological polar surface area (TPSA) is 82.0 Å². The number of hydrogen-bond donors (Lipinski definition) is 2. The van der Waals surface area contributed by atoms with Crippen LogP contribution in [0.3, 0.4) is 0 Å². The van der Waals surface area contributed by atoms with Crippen molar-refractivity contribution < 1.29 is 9.59 Å². The Morgan fingerprint density at radius 2 is 1.58 bits per heavy atom. The zero-order chi connectivity index (χ0) is 17.4. The second-order valence-electron chi connectivity index (χ2n) is 5.11. The van der Waals surface area contributed by atoms with Crippen molar-refractivity contribution in [3.63, 3.8) is 0 Å². The van der Waals surface area contributed by atoms with Gasteiger partial charge in [-0.25, -0.2) is 0 Å². The van der Waals surface area contributed by atoms with E-state index in [9.17, 15) is 9.59 Å². The second kappa shape index (κ2) is 8.75. The van der Waals surface area contributed by atoms with Crippen molar-refractivity contribution in [3.05, 3.63) is 59.7 Å². The smallest absolute Gasteiger partial charge is 0.234 e. The number of carbonyl (C=O) groups excluding carboxylic acids is 2. The zero-order valence-electron chi connectivity index (χ0n) is 13.2. The van der Waals surface area contributed by atoms with Crippen molar-refractivity contribution >= 4 is 35.0 Å². The number of benzene rings is 2. The predicted octanol–water partition coefficient (Wildman–Crippen LogP) is 3.39. The van der Waals surface area contributed by atoms with E-state index in [1.807, 2.05) is 12.1 Å². The molecule has 0 aliphatic rings. The minimum Gasteiger partial charge on any atom is -0.326 e. The molecule has 0 aliphatic carbocycles. The van der Waals surface area contributed by atoms with E-state index in [0.29, 0.717) is 28.4 Å². The molecule has 2 N–H and O–H groups in total. The molecule has 0 unspecified atom stereocenters. The summed E-state index contributed by atoms with van der Waals surface area (Å²) in [6.07, 6.45) is 0. The molecule has 0 saturated heterocycles. The molecule has 0 aromatic heterocycles. The van der Waals surface area contributed by atoms with E-state index in [2.05, 4.69) is 16.7 Å². The first-order chi connectivity index (χ1) is 11.6. The molecule has 0 heterocycles. The number of nitriles is 1. The molecule has 2 amide bonds. The van der Waals surface area contributed by atoms with Crippen LogP contribution in [0.25, 0.3) is 0 Å². The third-order valence-electron chi connectivity index (χ3n) is 3.07. The van der Waals surface area contributed by atoms with Gasteiger partial charge in [-0.15, -0.1) is 11.8 Å². The molecule has 0 bridgehead atoms. The van der Waals surface area contributed by atoms with Crippen molar-refractivity contribution in [2.24, 2.45) is 0 Å².